The molecule has 0 aromatic carbocycles. The second-order valence-corrected chi connectivity index (χ2v) is 3.86. The van der Waals surface area contributed by atoms with E-state index in [0.29, 0.717) is 6.04 Å². The number of nitrogens with two attached hydrogens (primary N) is 1. The van der Waals surface area contributed by atoms with Crippen molar-refractivity contribution < 1.29 is 0 Å². The third-order valence-corrected chi connectivity index (χ3v) is 3.49. The minimum absolute atomic E-state index is 0.463. The van der Waals surface area contributed by atoms with Gasteiger partial charge in [-0.1, -0.05) is 6.92 Å². The van der Waals surface area contributed by atoms with Crippen LogP contribution in [0.1, 0.15) is 20.3 Å². The van der Waals surface area contributed by atoms with Crippen LogP contribution in [0.2, 0.25) is 0 Å². The molecule has 0 heterocycles. The molecule has 0 saturated heterocycles. The molecule has 0 spiro atoms. The van der Waals surface area contributed by atoms with E-state index in [9.17, 15) is 0 Å². The van der Waals surface area contributed by atoms with Gasteiger partial charge in [0.05, 0.1) is 0 Å². The van der Waals surface area contributed by atoms with Crippen LogP contribution in [0.5, 0.6) is 0 Å². The Morgan fingerprint density at radius 1 is 1.44 bits per heavy atom. The maximum absolute atomic E-state index is 5.78. The first kappa shape index (κ1) is 5.72. The molecular formula is C8H15N. The van der Waals surface area contributed by atoms with Gasteiger partial charge in [0.15, 0.2) is 0 Å². The fourth-order valence-corrected chi connectivity index (χ4v) is 2.64. The van der Waals surface area contributed by atoms with Crippen molar-refractivity contribution in [3.63, 3.8) is 0 Å². The number of hydrogen-bond acceptors (Lipinski definition) is 1. The lowest BCUT2D eigenvalue weighted by Crippen LogP contribution is -2.63. The lowest BCUT2D eigenvalue weighted by molar-refractivity contribution is -0.160. The van der Waals surface area contributed by atoms with Crippen LogP contribution in [0, 0.1) is 23.7 Å². The van der Waals surface area contributed by atoms with Crippen molar-refractivity contribution in [2.45, 2.75) is 26.3 Å². The van der Waals surface area contributed by atoms with E-state index < -0.39 is 0 Å². The molecule has 3 unspecified atom stereocenters. The van der Waals surface area contributed by atoms with E-state index in [1.807, 2.05) is 0 Å². The second-order valence-electron chi connectivity index (χ2n) is 3.86. The Balaban J connectivity index is 1.95. The summed E-state index contributed by atoms with van der Waals surface area (Å²) in [5.41, 5.74) is 5.78. The number of hydrogen-bond donors (Lipinski definition) is 1. The first-order valence-corrected chi connectivity index (χ1v) is 3.97. The van der Waals surface area contributed by atoms with Crippen molar-refractivity contribution in [2.24, 2.45) is 29.4 Å². The second kappa shape index (κ2) is 1.51. The topological polar surface area (TPSA) is 26.0 Å². The van der Waals surface area contributed by atoms with Crippen LogP contribution in [0.4, 0.5) is 0 Å². The molecule has 9 heavy (non-hydrogen) atoms. The average molecular weight is 125 g/mol. The van der Waals surface area contributed by atoms with Gasteiger partial charge in [-0.15, -0.1) is 0 Å². The van der Waals surface area contributed by atoms with Gasteiger partial charge in [-0.3, -0.25) is 0 Å². The Kier molecular flexibility index (Phi) is 0.963. The fourth-order valence-electron chi connectivity index (χ4n) is 2.64. The minimum atomic E-state index is 0.463. The largest absolute Gasteiger partial charge is 0.328 e. The lowest BCUT2D eigenvalue weighted by atomic mass is 9.40. The zero-order valence-electron chi connectivity index (χ0n) is 6.17. The summed E-state index contributed by atoms with van der Waals surface area (Å²) in [7, 11) is 0. The Morgan fingerprint density at radius 2 is 2.00 bits per heavy atom. The highest BCUT2D eigenvalue weighted by atomic mass is 14.7. The molecule has 3 saturated carbocycles. The summed E-state index contributed by atoms with van der Waals surface area (Å²) in [4.78, 5) is 0. The molecule has 0 aromatic rings. The predicted octanol–water partition coefficient (Wildman–Crippen LogP) is 1.24. The average Bonchev–Trinajstić information content (AvgIpc) is 1.58. The van der Waals surface area contributed by atoms with E-state index in [4.69, 9.17) is 5.73 Å². The van der Waals surface area contributed by atoms with Crippen LogP contribution in [0.15, 0.2) is 0 Å². The van der Waals surface area contributed by atoms with Crippen molar-refractivity contribution in [3.05, 3.63) is 0 Å². The third kappa shape index (κ3) is 0.493. The summed E-state index contributed by atoms with van der Waals surface area (Å²) in [6.45, 7) is 4.51. The van der Waals surface area contributed by atoms with E-state index in [-0.39, 0.29) is 0 Å². The van der Waals surface area contributed by atoms with Gasteiger partial charge in [0.25, 0.3) is 0 Å². The zero-order chi connectivity index (χ0) is 6.59. The summed E-state index contributed by atoms with van der Waals surface area (Å²) in [6.07, 6.45) is 1.48. The highest BCUT2D eigenvalue weighted by Gasteiger charge is 2.59. The lowest BCUT2D eigenvalue weighted by Gasteiger charge is -2.65. The van der Waals surface area contributed by atoms with Crippen LogP contribution in [-0.4, -0.2) is 6.04 Å². The summed E-state index contributed by atoms with van der Waals surface area (Å²) in [5.74, 6) is 3.94. The van der Waals surface area contributed by atoms with Crippen LogP contribution >= 0.6 is 0 Å². The highest BCUT2D eigenvalue weighted by Crippen LogP contribution is 2.63. The smallest absolute Gasteiger partial charge is 0.00442 e. The molecule has 0 radical (unpaired) electrons. The molecule has 3 fully saturated rings. The Bertz CT molecular complexity index is 121. The van der Waals surface area contributed by atoms with Gasteiger partial charge in [0.2, 0.25) is 0 Å². The van der Waals surface area contributed by atoms with Gasteiger partial charge < -0.3 is 5.73 Å². The molecule has 1 heteroatoms. The molecule has 52 valence electrons. The molecule has 0 aromatic heterocycles. The monoisotopic (exact) mass is 125 g/mol. The van der Waals surface area contributed by atoms with E-state index in [1.165, 1.54) is 6.42 Å². The van der Waals surface area contributed by atoms with Crippen molar-refractivity contribution in [1.29, 1.82) is 0 Å². The maximum Gasteiger partial charge on any atom is 0.00442 e. The molecular weight excluding hydrogens is 110 g/mol. The van der Waals surface area contributed by atoms with E-state index >= 15 is 0 Å². The summed E-state index contributed by atoms with van der Waals surface area (Å²) < 4.78 is 0. The normalized spacial score (nSPS) is 57.7. The Morgan fingerprint density at radius 3 is 2.11 bits per heavy atom. The van der Waals surface area contributed by atoms with Gasteiger partial charge in [0, 0.05) is 6.04 Å². The summed E-state index contributed by atoms with van der Waals surface area (Å²) in [6, 6.07) is 0.463. The zero-order valence-corrected chi connectivity index (χ0v) is 6.17. The van der Waals surface area contributed by atoms with Crippen molar-refractivity contribution in [1.82, 2.24) is 0 Å². The van der Waals surface area contributed by atoms with E-state index in [1.54, 1.807) is 0 Å². The first-order chi connectivity index (χ1) is 4.22. The first-order valence-electron chi connectivity index (χ1n) is 3.97. The summed E-state index contributed by atoms with van der Waals surface area (Å²) in [5, 5.41) is 0. The van der Waals surface area contributed by atoms with Gasteiger partial charge in [-0.25, -0.2) is 0 Å². The Hall–Kier alpha value is -0.0400. The van der Waals surface area contributed by atoms with Gasteiger partial charge in [-0.2, -0.15) is 0 Å². The summed E-state index contributed by atoms with van der Waals surface area (Å²) >= 11 is 0. The molecule has 0 aliphatic heterocycles. The standard InChI is InChI=1S/C8H15N/c1-4-6-3-7(4)8(6)5(2)9/h4-8H,3,9H2,1-2H3/t4?,5-,6+,7?,8?/m0/s1. The van der Waals surface area contributed by atoms with Gasteiger partial charge in [0.1, 0.15) is 0 Å². The Labute approximate surface area is 56.6 Å². The van der Waals surface area contributed by atoms with Crippen LogP contribution in [0.25, 0.3) is 0 Å². The predicted molar refractivity (Wildman–Crippen MR) is 37.9 cm³/mol. The minimum Gasteiger partial charge on any atom is -0.328 e. The van der Waals surface area contributed by atoms with E-state index in [2.05, 4.69) is 13.8 Å². The molecule has 3 rings (SSSR count). The third-order valence-electron chi connectivity index (χ3n) is 3.49. The molecule has 5 atom stereocenters. The van der Waals surface area contributed by atoms with Crippen LogP contribution < -0.4 is 5.73 Å². The van der Waals surface area contributed by atoms with Gasteiger partial charge in [-0.05, 0) is 37.0 Å². The number of rotatable bonds is 1. The van der Waals surface area contributed by atoms with Crippen LogP contribution in [-0.2, 0) is 0 Å². The molecule has 0 amide bonds. The molecule has 2 bridgehead atoms. The molecule has 1 nitrogen and oxygen atoms in total. The molecule has 3 aliphatic rings. The molecule has 2 N–H and O–H groups in total. The SMILES string of the molecule is CC1C2C[C@H]1C2[C@H](C)N. The van der Waals surface area contributed by atoms with Gasteiger partial charge >= 0.3 is 0 Å². The fraction of sp³-hybridized carbons (Fsp3) is 1.00. The van der Waals surface area contributed by atoms with Crippen molar-refractivity contribution in [2.75, 3.05) is 0 Å². The maximum atomic E-state index is 5.78. The van der Waals surface area contributed by atoms with E-state index in [0.717, 1.165) is 23.7 Å². The van der Waals surface area contributed by atoms with Crippen molar-refractivity contribution >= 4 is 0 Å². The quantitative estimate of drug-likeness (QED) is 0.560. The molecule has 3 aliphatic carbocycles. The van der Waals surface area contributed by atoms with Crippen LogP contribution in [0.3, 0.4) is 0 Å². The highest BCUT2D eigenvalue weighted by molar-refractivity contribution is 5.08. The van der Waals surface area contributed by atoms with Crippen molar-refractivity contribution in [3.8, 4) is 0 Å².